The zero-order chi connectivity index (χ0) is 13.0. The normalized spacial score (nSPS) is 9.89. The zero-order valence-electron chi connectivity index (χ0n) is 9.93. The predicted molar refractivity (Wildman–Crippen MR) is 70.0 cm³/mol. The van der Waals surface area contributed by atoms with Gasteiger partial charge in [-0.1, -0.05) is 0 Å². The van der Waals surface area contributed by atoms with E-state index in [1.165, 1.54) is 0 Å². The Morgan fingerprint density at radius 2 is 2.00 bits per heavy atom. The molecule has 0 atom stereocenters. The molecule has 0 radical (unpaired) electrons. The molecule has 0 saturated carbocycles. The number of hydrogen-bond acceptors (Lipinski definition) is 6. The molecule has 0 amide bonds. The molecule has 1 heterocycles. The summed E-state index contributed by atoms with van der Waals surface area (Å²) in [6.07, 6.45) is 1.55. The molecule has 94 valence electrons. The van der Waals surface area contributed by atoms with E-state index in [9.17, 15) is 0 Å². The lowest BCUT2D eigenvalue weighted by Gasteiger charge is -2.10. The quantitative estimate of drug-likeness (QED) is 0.826. The third-order valence-corrected chi connectivity index (χ3v) is 2.41. The van der Waals surface area contributed by atoms with Crippen LogP contribution in [0.4, 0.5) is 11.5 Å². The largest absolute Gasteiger partial charge is 0.493 e. The number of methoxy groups -OCH3 is 2. The number of nitrogens with zero attached hydrogens (tertiary/aromatic N) is 2. The molecule has 0 bridgehead atoms. The molecule has 18 heavy (non-hydrogen) atoms. The van der Waals surface area contributed by atoms with Crippen LogP contribution < -0.4 is 14.8 Å². The Balaban J connectivity index is 2.27. The highest BCUT2D eigenvalue weighted by Gasteiger charge is 2.05. The van der Waals surface area contributed by atoms with Gasteiger partial charge in [0.1, 0.15) is 0 Å². The molecule has 7 heteroatoms. The summed E-state index contributed by atoms with van der Waals surface area (Å²) in [5, 5.41) is 9.49. The van der Waals surface area contributed by atoms with E-state index < -0.39 is 0 Å². The van der Waals surface area contributed by atoms with Crippen LogP contribution in [0.3, 0.4) is 0 Å². The van der Waals surface area contributed by atoms with Gasteiger partial charge in [0, 0.05) is 11.8 Å². The number of anilines is 2. The second-order valence-corrected chi connectivity index (χ2v) is 3.75. The van der Waals surface area contributed by atoms with Gasteiger partial charge in [0.2, 0.25) is 4.77 Å². The SMILES string of the molecule is COc1ccc(Nc2cn[nH]c(=S)n2)cc1OC. The molecule has 0 aliphatic heterocycles. The number of rotatable bonds is 4. The standard InChI is InChI=1S/C11H12N4O2S/c1-16-8-4-3-7(5-9(8)17-2)13-10-6-12-15-11(18)14-10/h3-6H,1-2H3,(H2,13,14,15,18). The van der Waals surface area contributed by atoms with Crippen LogP contribution in [0.2, 0.25) is 0 Å². The summed E-state index contributed by atoms with van der Waals surface area (Å²) in [5.41, 5.74) is 0.808. The van der Waals surface area contributed by atoms with Gasteiger partial charge in [-0.05, 0) is 24.4 Å². The number of benzene rings is 1. The molecule has 0 spiro atoms. The molecule has 1 aromatic heterocycles. The average molecular weight is 264 g/mol. The van der Waals surface area contributed by atoms with Crippen molar-refractivity contribution in [3.63, 3.8) is 0 Å². The lowest BCUT2D eigenvalue weighted by atomic mass is 10.2. The van der Waals surface area contributed by atoms with Gasteiger partial charge in [-0.3, -0.25) is 5.10 Å². The van der Waals surface area contributed by atoms with Crippen molar-refractivity contribution < 1.29 is 9.47 Å². The minimum Gasteiger partial charge on any atom is -0.493 e. The van der Waals surface area contributed by atoms with E-state index in [2.05, 4.69) is 20.5 Å². The Hall–Kier alpha value is -2.15. The van der Waals surface area contributed by atoms with Gasteiger partial charge >= 0.3 is 0 Å². The van der Waals surface area contributed by atoms with E-state index >= 15 is 0 Å². The maximum Gasteiger partial charge on any atom is 0.215 e. The minimum absolute atomic E-state index is 0.320. The molecule has 0 unspecified atom stereocenters. The van der Waals surface area contributed by atoms with Crippen LogP contribution in [0.5, 0.6) is 11.5 Å². The van der Waals surface area contributed by atoms with Gasteiger partial charge in [-0.15, -0.1) is 0 Å². The molecule has 1 aromatic carbocycles. The van der Waals surface area contributed by atoms with Gasteiger partial charge < -0.3 is 14.8 Å². The first-order chi connectivity index (χ1) is 8.72. The first-order valence-corrected chi connectivity index (χ1v) is 5.54. The Morgan fingerprint density at radius 1 is 1.22 bits per heavy atom. The van der Waals surface area contributed by atoms with Crippen molar-refractivity contribution in [2.24, 2.45) is 0 Å². The van der Waals surface area contributed by atoms with Crippen LogP contribution in [0.15, 0.2) is 24.4 Å². The number of aromatic amines is 1. The summed E-state index contributed by atoms with van der Waals surface area (Å²) in [4.78, 5) is 4.08. The van der Waals surface area contributed by atoms with Crippen LogP contribution in [-0.4, -0.2) is 29.4 Å². The molecule has 6 nitrogen and oxygen atoms in total. The van der Waals surface area contributed by atoms with E-state index in [0.29, 0.717) is 22.1 Å². The topological polar surface area (TPSA) is 72.1 Å². The van der Waals surface area contributed by atoms with Crippen molar-refractivity contribution in [1.82, 2.24) is 15.2 Å². The summed E-state index contributed by atoms with van der Waals surface area (Å²) in [6.45, 7) is 0. The van der Waals surface area contributed by atoms with E-state index in [1.807, 2.05) is 6.07 Å². The third kappa shape index (κ3) is 2.75. The highest BCUT2D eigenvalue weighted by atomic mass is 32.1. The van der Waals surface area contributed by atoms with Crippen molar-refractivity contribution in [2.45, 2.75) is 0 Å². The van der Waals surface area contributed by atoms with Gasteiger partial charge in [0.05, 0.1) is 20.4 Å². The Bertz CT molecular complexity index is 600. The van der Waals surface area contributed by atoms with Crippen molar-refractivity contribution in [3.8, 4) is 11.5 Å². The molecular formula is C11H12N4O2S. The average Bonchev–Trinajstić information content (AvgIpc) is 2.38. The minimum atomic E-state index is 0.320. The predicted octanol–water partition coefficient (Wildman–Crippen LogP) is 2.29. The number of hydrogen-bond donors (Lipinski definition) is 2. The van der Waals surface area contributed by atoms with E-state index in [1.54, 1.807) is 32.5 Å². The van der Waals surface area contributed by atoms with Gasteiger partial charge in [0.25, 0.3) is 0 Å². The summed E-state index contributed by atoms with van der Waals surface area (Å²) >= 11 is 4.89. The Labute approximate surface area is 109 Å². The fourth-order valence-electron chi connectivity index (χ4n) is 1.43. The van der Waals surface area contributed by atoms with E-state index in [0.717, 1.165) is 5.69 Å². The van der Waals surface area contributed by atoms with Crippen LogP contribution >= 0.6 is 12.2 Å². The fourth-order valence-corrected chi connectivity index (χ4v) is 1.59. The fraction of sp³-hybridized carbons (Fsp3) is 0.182. The van der Waals surface area contributed by atoms with Crippen molar-refractivity contribution in [2.75, 3.05) is 19.5 Å². The smallest absolute Gasteiger partial charge is 0.215 e. The number of H-pyrrole nitrogens is 1. The van der Waals surface area contributed by atoms with Crippen LogP contribution in [0.1, 0.15) is 0 Å². The second-order valence-electron chi connectivity index (χ2n) is 3.37. The van der Waals surface area contributed by atoms with Crippen LogP contribution in [0.25, 0.3) is 0 Å². The van der Waals surface area contributed by atoms with Crippen LogP contribution in [-0.2, 0) is 0 Å². The van der Waals surface area contributed by atoms with Gasteiger partial charge in [0.15, 0.2) is 17.3 Å². The molecule has 0 fully saturated rings. The summed E-state index contributed by atoms with van der Waals surface area (Å²) in [5.74, 6) is 1.86. The maximum absolute atomic E-state index is 5.21. The number of ether oxygens (including phenoxy) is 2. The van der Waals surface area contributed by atoms with E-state index in [4.69, 9.17) is 21.7 Å². The van der Waals surface area contributed by atoms with Crippen molar-refractivity contribution >= 4 is 23.7 Å². The number of nitrogens with one attached hydrogen (secondary N) is 2. The zero-order valence-corrected chi connectivity index (χ0v) is 10.7. The first-order valence-electron chi connectivity index (χ1n) is 5.13. The molecule has 0 aliphatic rings. The monoisotopic (exact) mass is 264 g/mol. The molecule has 2 aromatic rings. The van der Waals surface area contributed by atoms with E-state index in [-0.39, 0.29) is 0 Å². The molecule has 2 rings (SSSR count). The highest BCUT2D eigenvalue weighted by molar-refractivity contribution is 7.71. The van der Waals surface area contributed by atoms with Crippen molar-refractivity contribution in [1.29, 1.82) is 0 Å². The lowest BCUT2D eigenvalue weighted by molar-refractivity contribution is 0.355. The molecular weight excluding hydrogens is 252 g/mol. The maximum atomic E-state index is 5.21. The van der Waals surface area contributed by atoms with Gasteiger partial charge in [-0.2, -0.15) is 10.1 Å². The van der Waals surface area contributed by atoms with Crippen LogP contribution in [0, 0.1) is 4.77 Å². The summed E-state index contributed by atoms with van der Waals surface area (Å²) in [7, 11) is 3.17. The molecule has 0 saturated heterocycles. The Morgan fingerprint density at radius 3 is 2.67 bits per heavy atom. The first kappa shape index (κ1) is 12.3. The molecule has 2 N–H and O–H groups in total. The Kier molecular flexibility index (Phi) is 3.73. The second kappa shape index (κ2) is 5.46. The summed E-state index contributed by atoms with van der Waals surface area (Å²) in [6, 6.07) is 5.46. The molecule has 0 aliphatic carbocycles. The summed E-state index contributed by atoms with van der Waals surface area (Å²) < 4.78 is 10.7. The third-order valence-electron chi connectivity index (χ3n) is 2.22. The highest BCUT2D eigenvalue weighted by Crippen LogP contribution is 2.30. The lowest BCUT2D eigenvalue weighted by Crippen LogP contribution is -1.97. The van der Waals surface area contributed by atoms with Crippen molar-refractivity contribution in [3.05, 3.63) is 29.2 Å². The number of aromatic nitrogens is 3. The van der Waals surface area contributed by atoms with Gasteiger partial charge in [-0.25, -0.2) is 0 Å².